The Morgan fingerprint density at radius 2 is 0.893 bits per heavy atom. The minimum atomic E-state index is -0.675. The summed E-state index contributed by atoms with van der Waals surface area (Å²) in [7, 11) is -1.25. The zero-order valence-electron chi connectivity index (χ0n) is 32.9. The topological polar surface area (TPSA) is 117 Å². The number of aryl methyl sites for hydroxylation is 2. The summed E-state index contributed by atoms with van der Waals surface area (Å²) in [5, 5.41) is 8.18. The van der Waals surface area contributed by atoms with Crippen molar-refractivity contribution in [3.05, 3.63) is 120 Å². The second-order valence-electron chi connectivity index (χ2n) is 13.8. The molecule has 4 aromatic carbocycles. The third-order valence-corrected chi connectivity index (χ3v) is 14.3. The summed E-state index contributed by atoms with van der Waals surface area (Å²) in [6, 6.07) is 37.5. The maximum atomic E-state index is 12.6. The largest absolute Gasteiger partial charge is 0.464 e. The molecule has 12 heteroatoms. The first kappa shape index (κ1) is 42.4. The number of hydrogen-bond donors (Lipinski definition) is 2. The Hall–Kier alpha value is -4.78. The number of benzene rings is 4. The van der Waals surface area contributed by atoms with Crippen LogP contribution in [0.3, 0.4) is 0 Å². The summed E-state index contributed by atoms with van der Waals surface area (Å²) in [6.45, 7) is 7.33. The Labute approximate surface area is 333 Å². The van der Waals surface area contributed by atoms with E-state index in [2.05, 4.69) is 130 Å². The van der Waals surface area contributed by atoms with Crippen molar-refractivity contribution >= 4 is 61.6 Å². The number of amides is 2. The van der Waals surface area contributed by atoms with E-state index in [0.717, 1.165) is 36.3 Å². The van der Waals surface area contributed by atoms with E-state index in [-0.39, 0.29) is 37.9 Å². The van der Waals surface area contributed by atoms with Gasteiger partial charge in [-0.2, -0.15) is 0 Å². The van der Waals surface area contributed by atoms with Gasteiger partial charge in [-0.3, -0.25) is 9.59 Å². The minimum Gasteiger partial charge on any atom is -0.464 e. The fraction of sp³-hybridized carbons (Fsp3) is 0.364. The van der Waals surface area contributed by atoms with Crippen LogP contribution in [0.25, 0.3) is 0 Å². The van der Waals surface area contributed by atoms with E-state index < -0.39 is 39.9 Å². The molecule has 2 atom stereocenters. The van der Waals surface area contributed by atoms with Crippen molar-refractivity contribution in [1.82, 2.24) is 10.6 Å². The molecular formula is C44H54N4O6P2. The van der Waals surface area contributed by atoms with Gasteiger partial charge >= 0.3 is 11.9 Å². The van der Waals surface area contributed by atoms with Gasteiger partial charge in [0.25, 0.3) is 0 Å². The lowest BCUT2D eigenvalue weighted by molar-refractivity contribution is -0.147. The van der Waals surface area contributed by atoms with Gasteiger partial charge in [-0.15, -0.1) is 0 Å². The predicted molar refractivity (Wildman–Crippen MR) is 228 cm³/mol. The summed E-state index contributed by atoms with van der Waals surface area (Å²) in [6.07, 6.45) is 5.30. The maximum absolute atomic E-state index is 12.6. The smallest absolute Gasteiger partial charge is 0.328 e. The summed E-state index contributed by atoms with van der Waals surface area (Å²) in [5.41, 5.74) is 4.47. The molecule has 10 nitrogen and oxygen atoms in total. The Morgan fingerprint density at radius 1 is 0.554 bits per heavy atom. The van der Waals surface area contributed by atoms with Crippen molar-refractivity contribution in [2.45, 2.75) is 65.5 Å². The molecule has 0 spiro atoms. The van der Waals surface area contributed by atoms with Crippen LogP contribution in [0.15, 0.2) is 109 Å². The number of carbonyl (C=O) groups excluding carboxylic acids is 4. The normalized spacial score (nSPS) is 16.8. The Bertz CT molecular complexity index is 1720. The lowest BCUT2D eigenvalue weighted by Crippen LogP contribution is -2.39. The Kier molecular flexibility index (Phi) is 16.3. The van der Waals surface area contributed by atoms with E-state index in [1.165, 1.54) is 22.0 Å². The lowest BCUT2D eigenvalue weighted by atomic mass is 10.1. The molecule has 1 aliphatic rings. The van der Waals surface area contributed by atoms with Gasteiger partial charge in [-0.25, -0.2) is 9.59 Å². The molecule has 0 aliphatic carbocycles. The highest BCUT2D eigenvalue weighted by atomic mass is 31.1. The van der Waals surface area contributed by atoms with E-state index in [1.807, 2.05) is 0 Å². The van der Waals surface area contributed by atoms with Crippen LogP contribution in [0.5, 0.6) is 0 Å². The SMILES string of the molecule is CCOC(=O)[C@H](C)NC(=O)CCc1ccc(N2CP(c3ccccc3)CN(c3ccc(CCC(=O)N[C@@H](C)C(=O)OCC)cc3)CP(c3ccccc3)C2)cc1. The fourth-order valence-corrected chi connectivity index (χ4v) is 11.5. The molecule has 1 heterocycles. The number of hydrogen-bond acceptors (Lipinski definition) is 8. The molecule has 0 bridgehead atoms. The first-order chi connectivity index (χ1) is 27.1. The minimum absolute atomic E-state index is 0.176. The molecule has 2 N–H and O–H groups in total. The first-order valence-electron chi connectivity index (χ1n) is 19.3. The van der Waals surface area contributed by atoms with Gasteiger partial charge in [0.2, 0.25) is 11.8 Å². The van der Waals surface area contributed by atoms with Gasteiger partial charge in [0.15, 0.2) is 0 Å². The quantitative estimate of drug-likeness (QED) is 0.0982. The number of carbonyl (C=O) groups is 4. The van der Waals surface area contributed by atoms with Crippen LogP contribution in [0.1, 0.15) is 51.7 Å². The van der Waals surface area contributed by atoms with Crippen molar-refractivity contribution < 1.29 is 28.7 Å². The number of ether oxygens (including phenoxy) is 2. The van der Waals surface area contributed by atoms with Crippen molar-refractivity contribution in [3.63, 3.8) is 0 Å². The molecule has 1 aliphatic heterocycles. The summed E-state index contributed by atoms with van der Waals surface area (Å²) in [5.74, 6) is -1.21. The van der Waals surface area contributed by atoms with Gasteiger partial charge in [-0.1, -0.05) is 84.9 Å². The summed E-state index contributed by atoms with van der Waals surface area (Å²) in [4.78, 5) is 54.2. The number of rotatable bonds is 16. The van der Waals surface area contributed by atoms with Crippen LogP contribution in [0.2, 0.25) is 0 Å². The molecule has 2 amide bonds. The average Bonchev–Trinajstić information content (AvgIpc) is 3.20. The van der Waals surface area contributed by atoms with Crippen LogP contribution >= 0.6 is 15.8 Å². The van der Waals surface area contributed by atoms with Crippen LogP contribution in [0, 0.1) is 0 Å². The monoisotopic (exact) mass is 796 g/mol. The molecule has 0 unspecified atom stereocenters. The summed E-state index contributed by atoms with van der Waals surface area (Å²) >= 11 is 0. The highest BCUT2D eigenvalue weighted by Crippen LogP contribution is 2.47. The van der Waals surface area contributed by atoms with E-state index in [9.17, 15) is 19.2 Å². The summed E-state index contributed by atoms with van der Waals surface area (Å²) < 4.78 is 10.0. The zero-order chi connectivity index (χ0) is 39.9. The molecule has 1 saturated heterocycles. The molecule has 296 valence electrons. The van der Waals surface area contributed by atoms with Gasteiger partial charge in [0.1, 0.15) is 12.1 Å². The second-order valence-corrected chi connectivity index (χ2v) is 18.1. The van der Waals surface area contributed by atoms with E-state index in [4.69, 9.17) is 9.47 Å². The van der Waals surface area contributed by atoms with Crippen molar-refractivity contribution in [3.8, 4) is 0 Å². The Balaban J connectivity index is 1.31. The van der Waals surface area contributed by atoms with Crippen molar-refractivity contribution in [2.75, 3.05) is 48.2 Å². The van der Waals surface area contributed by atoms with Crippen molar-refractivity contribution in [2.24, 2.45) is 0 Å². The van der Waals surface area contributed by atoms with Gasteiger partial charge in [-0.05, 0) is 102 Å². The molecular weight excluding hydrogens is 742 g/mol. The van der Waals surface area contributed by atoms with Gasteiger partial charge in [0, 0.05) is 49.4 Å². The van der Waals surface area contributed by atoms with Crippen molar-refractivity contribution in [1.29, 1.82) is 0 Å². The predicted octanol–water partition coefficient (Wildman–Crippen LogP) is 6.46. The Morgan fingerprint density at radius 3 is 1.21 bits per heavy atom. The van der Waals surface area contributed by atoms with Crippen LogP contribution in [-0.2, 0) is 41.5 Å². The van der Waals surface area contributed by atoms with Gasteiger partial charge < -0.3 is 29.9 Å². The van der Waals surface area contributed by atoms with Crippen LogP contribution < -0.4 is 31.0 Å². The molecule has 56 heavy (non-hydrogen) atoms. The molecule has 0 saturated carbocycles. The first-order valence-corrected chi connectivity index (χ1v) is 22.8. The lowest BCUT2D eigenvalue weighted by Gasteiger charge is -2.41. The number of esters is 2. The highest BCUT2D eigenvalue weighted by Gasteiger charge is 2.28. The molecule has 1 fully saturated rings. The van der Waals surface area contributed by atoms with E-state index >= 15 is 0 Å². The average molecular weight is 797 g/mol. The third kappa shape index (κ3) is 12.6. The molecule has 5 rings (SSSR count). The maximum Gasteiger partial charge on any atom is 0.328 e. The number of nitrogens with one attached hydrogen (secondary N) is 2. The number of nitrogens with zero attached hydrogens (tertiary/aromatic N) is 2. The molecule has 4 aromatic rings. The van der Waals surface area contributed by atoms with Crippen LogP contribution in [-0.4, -0.2) is 74.2 Å². The number of anilines is 2. The molecule has 0 aromatic heterocycles. The van der Waals surface area contributed by atoms with E-state index in [0.29, 0.717) is 12.8 Å². The zero-order valence-corrected chi connectivity index (χ0v) is 34.6. The van der Waals surface area contributed by atoms with Gasteiger partial charge in [0.05, 0.1) is 13.2 Å². The third-order valence-electron chi connectivity index (χ3n) is 9.53. The van der Waals surface area contributed by atoms with E-state index in [1.54, 1.807) is 27.7 Å². The van der Waals surface area contributed by atoms with Crippen LogP contribution in [0.4, 0.5) is 11.4 Å². The second kappa shape index (κ2) is 21.5. The highest BCUT2D eigenvalue weighted by molar-refractivity contribution is 7.67. The molecule has 0 radical (unpaired) electrons. The fourth-order valence-electron chi connectivity index (χ4n) is 6.48. The standard InChI is InChI=1S/C44H54N4O6P2/c1-5-53-43(51)33(3)45-41(49)27-21-35-17-23-37(24-18-35)47-29-55(39-13-9-7-10-14-39)31-48(32-56(30-47)40-15-11-8-12-16-40)38-25-19-36(20-26-38)22-28-42(50)46-34(4)44(52)54-6-2/h7-20,23-26,33-34H,5-6,21-22,27-32H2,1-4H3,(H,45,49)(H,46,50)/t33-,34-,55?,56?/m0/s1.